The molecule has 1 aliphatic rings. The quantitative estimate of drug-likeness (QED) is 0.584. The fourth-order valence-corrected chi connectivity index (χ4v) is 1.42. The lowest BCUT2D eigenvalue weighted by Gasteiger charge is -2.33. The number of rotatable bonds is 1. The molecule has 0 spiro atoms. The van der Waals surface area contributed by atoms with E-state index < -0.39 is 0 Å². The molecule has 5 nitrogen and oxygen atoms in total. The zero-order valence-corrected chi connectivity index (χ0v) is 8.32. The molecule has 1 heterocycles. The Hall–Kier alpha value is -1.52. The van der Waals surface area contributed by atoms with Crippen LogP contribution in [-0.2, 0) is 4.79 Å². The first kappa shape index (κ1) is 10.6. The van der Waals surface area contributed by atoms with E-state index in [1.54, 1.807) is 16.8 Å². The molecule has 0 radical (unpaired) electrons. The lowest BCUT2D eigenvalue weighted by molar-refractivity contribution is -0.127. The monoisotopic (exact) mass is 197 g/mol. The summed E-state index contributed by atoms with van der Waals surface area (Å²) in [4.78, 5) is 25.8. The van der Waals surface area contributed by atoms with E-state index in [0.29, 0.717) is 26.2 Å². The molecule has 0 aliphatic carbocycles. The molecule has 5 heteroatoms. The number of nitrogens with zero attached hydrogens (tertiary/aromatic N) is 2. The van der Waals surface area contributed by atoms with Gasteiger partial charge in [-0.1, -0.05) is 6.58 Å². The number of carbonyl (C=O) groups is 2. The highest BCUT2D eigenvalue weighted by molar-refractivity contribution is 5.87. The van der Waals surface area contributed by atoms with Crippen molar-refractivity contribution in [1.29, 1.82) is 0 Å². The Morgan fingerprint density at radius 3 is 2.14 bits per heavy atom. The lowest BCUT2D eigenvalue weighted by Crippen LogP contribution is -2.52. The molecule has 1 saturated heterocycles. The summed E-state index contributed by atoms with van der Waals surface area (Å²) < 4.78 is 0. The Morgan fingerprint density at radius 2 is 1.71 bits per heavy atom. The number of hydrogen-bond donors (Lipinski definition) is 1. The van der Waals surface area contributed by atoms with Crippen LogP contribution in [0.5, 0.6) is 0 Å². The van der Waals surface area contributed by atoms with Crippen molar-refractivity contribution in [2.75, 3.05) is 33.2 Å². The summed E-state index contributed by atoms with van der Waals surface area (Å²) in [5.41, 5.74) is 0. The molecule has 1 aliphatic heterocycles. The second-order valence-electron chi connectivity index (χ2n) is 3.07. The molecule has 0 aromatic rings. The fourth-order valence-electron chi connectivity index (χ4n) is 1.42. The van der Waals surface area contributed by atoms with Gasteiger partial charge in [-0.3, -0.25) is 4.79 Å². The summed E-state index contributed by atoms with van der Waals surface area (Å²) in [6.45, 7) is 5.75. The maximum absolute atomic E-state index is 11.2. The Balaban J connectivity index is 2.42. The van der Waals surface area contributed by atoms with Gasteiger partial charge < -0.3 is 15.1 Å². The van der Waals surface area contributed by atoms with Gasteiger partial charge in [0.2, 0.25) is 5.91 Å². The Bertz CT molecular complexity index is 244. The van der Waals surface area contributed by atoms with Gasteiger partial charge in [0.15, 0.2) is 0 Å². The summed E-state index contributed by atoms with van der Waals surface area (Å²) in [5.74, 6) is -0.0680. The van der Waals surface area contributed by atoms with E-state index in [-0.39, 0.29) is 11.9 Å². The first-order valence-electron chi connectivity index (χ1n) is 4.57. The molecule has 78 valence electrons. The van der Waals surface area contributed by atoms with Crippen molar-refractivity contribution in [1.82, 2.24) is 15.1 Å². The third kappa shape index (κ3) is 2.25. The predicted molar refractivity (Wildman–Crippen MR) is 52.8 cm³/mol. The topological polar surface area (TPSA) is 52.7 Å². The van der Waals surface area contributed by atoms with E-state index >= 15 is 0 Å². The molecule has 0 atom stereocenters. The second kappa shape index (κ2) is 4.64. The van der Waals surface area contributed by atoms with Crippen molar-refractivity contribution in [3.05, 3.63) is 12.7 Å². The molecule has 1 N–H and O–H groups in total. The van der Waals surface area contributed by atoms with Gasteiger partial charge in [0, 0.05) is 33.2 Å². The molecule has 1 fully saturated rings. The minimum atomic E-state index is -0.0873. The Morgan fingerprint density at radius 1 is 1.21 bits per heavy atom. The Kier molecular flexibility index (Phi) is 3.50. The maximum Gasteiger partial charge on any atom is 0.317 e. The van der Waals surface area contributed by atoms with Crippen LogP contribution in [0.4, 0.5) is 4.79 Å². The predicted octanol–water partition coefficient (Wildman–Crippen LogP) is -0.344. The van der Waals surface area contributed by atoms with E-state index in [9.17, 15) is 9.59 Å². The standard InChI is InChI=1S/C9H15N3O2/c1-3-8(13)11-4-6-12(7-5-11)9(14)10-2/h3H,1,4-7H2,2H3,(H,10,14). The second-order valence-corrected chi connectivity index (χ2v) is 3.07. The summed E-state index contributed by atoms with van der Waals surface area (Å²) in [6, 6.07) is -0.0873. The van der Waals surface area contributed by atoms with E-state index in [1.165, 1.54) is 6.08 Å². The highest BCUT2D eigenvalue weighted by Gasteiger charge is 2.21. The van der Waals surface area contributed by atoms with Crippen molar-refractivity contribution in [3.63, 3.8) is 0 Å². The summed E-state index contributed by atoms with van der Waals surface area (Å²) >= 11 is 0. The SMILES string of the molecule is C=CC(=O)N1CCN(C(=O)NC)CC1. The van der Waals surface area contributed by atoms with Crippen LogP contribution in [0.2, 0.25) is 0 Å². The van der Waals surface area contributed by atoms with Gasteiger partial charge in [-0.05, 0) is 6.08 Å². The van der Waals surface area contributed by atoms with Crippen LogP contribution < -0.4 is 5.32 Å². The van der Waals surface area contributed by atoms with Crippen molar-refractivity contribution in [3.8, 4) is 0 Å². The number of hydrogen-bond acceptors (Lipinski definition) is 2. The minimum absolute atomic E-state index is 0.0680. The lowest BCUT2D eigenvalue weighted by atomic mass is 10.3. The first-order chi connectivity index (χ1) is 6.69. The molecular weight excluding hydrogens is 182 g/mol. The van der Waals surface area contributed by atoms with E-state index in [2.05, 4.69) is 11.9 Å². The molecule has 0 bridgehead atoms. The zero-order chi connectivity index (χ0) is 10.6. The van der Waals surface area contributed by atoms with E-state index in [0.717, 1.165) is 0 Å². The number of carbonyl (C=O) groups excluding carboxylic acids is 2. The molecule has 0 unspecified atom stereocenters. The van der Waals surface area contributed by atoms with Crippen LogP contribution >= 0.6 is 0 Å². The van der Waals surface area contributed by atoms with Gasteiger partial charge >= 0.3 is 6.03 Å². The van der Waals surface area contributed by atoms with Crippen LogP contribution in [0.3, 0.4) is 0 Å². The normalized spacial score (nSPS) is 16.4. The third-order valence-corrected chi connectivity index (χ3v) is 2.27. The van der Waals surface area contributed by atoms with Gasteiger partial charge in [0.05, 0.1) is 0 Å². The molecule has 0 aromatic heterocycles. The molecule has 14 heavy (non-hydrogen) atoms. The van der Waals surface area contributed by atoms with Gasteiger partial charge in [0.25, 0.3) is 0 Å². The largest absolute Gasteiger partial charge is 0.341 e. The van der Waals surface area contributed by atoms with Gasteiger partial charge in [-0.2, -0.15) is 0 Å². The highest BCUT2D eigenvalue weighted by atomic mass is 16.2. The maximum atomic E-state index is 11.2. The first-order valence-corrected chi connectivity index (χ1v) is 4.57. The van der Waals surface area contributed by atoms with Crippen molar-refractivity contribution in [2.45, 2.75) is 0 Å². The smallest absolute Gasteiger partial charge is 0.317 e. The molecule has 0 aromatic carbocycles. The summed E-state index contributed by atoms with van der Waals surface area (Å²) in [7, 11) is 1.60. The average molecular weight is 197 g/mol. The zero-order valence-electron chi connectivity index (χ0n) is 8.32. The van der Waals surface area contributed by atoms with Crippen LogP contribution in [0.15, 0.2) is 12.7 Å². The van der Waals surface area contributed by atoms with Crippen molar-refractivity contribution in [2.24, 2.45) is 0 Å². The minimum Gasteiger partial charge on any atom is -0.341 e. The Labute approximate surface area is 83.4 Å². The number of piperazine rings is 1. The van der Waals surface area contributed by atoms with Crippen LogP contribution in [-0.4, -0.2) is 55.0 Å². The van der Waals surface area contributed by atoms with Crippen molar-refractivity contribution < 1.29 is 9.59 Å². The number of nitrogens with one attached hydrogen (secondary N) is 1. The van der Waals surface area contributed by atoms with Crippen LogP contribution in [0.25, 0.3) is 0 Å². The number of urea groups is 1. The summed E-state index contributed by atoms with van der Waals surface area (Å²) in [6.07, 6.45) is 1.30. The van der Waals surface area contributed by atoms with E-state index in [4.69, 9.17) is 0 Å². The fraction of sp³-hybridized carbons (Fsp3) is 0.556. The molecule has 1 rings (SSSR count). The highest BCUT2D eigenvalue weighted by Crippen LogP contribution is 2.02. The average Bonchev–Trinajstić information content (AvgIpc) is 2.27. The molecule has 0 saturated carbocycles. The van der Waals surface area contributed by atoms with Crippen LogP contribution in [0, 0.1) is 0 Å². The molecule has 3 amide bonds. The van der Waals surface area contributed by atoms with Gasteiger partial charge in [0.1, 0.15) is 0 Å². The van der Waals surface area contributed by atoms with Gasteiger partial charge in [-0.15, -0.1) is 0 Å². The van der Waals surface area contributed by atoms with Crippen LogP contribution in [0.1, 0.15) is 0 Å². The molecular formula is C9H15N3O2. The third-order valence-electron chi connectivity index (χ3n) is 2.27. The summed E-state index contributed by atoms with van der Waals surface area (Å²) in [5, 5.41) is 2.56. The van der Waals surface area contributed by atoms with E-state index in [1.807, 2.05) is 0 Å². The number of amides is 3. The van der Waals surface area contributed by atoms with Crippen molar-refractivity contribution >= 4 is 11.9 Å². The van der Waals surface area contributed by atoms with Gasteiger partial charge in [-0.25, -0.2) is 4.79 Å².